The fourth-order valence-corrected chi connectivity index (χ4v) is 5.35. The van der Waals surface area contributed by atoms with Crippen molar-refractivity contribution in [2.24, 2.45) is 0 Å². The Morgan fingerprint density at radius 3 is 2.62 bits per heavy atom. The van der Waals surface area contributed by atoms with Gasteiger partial charge in [0.2, 0.25) is 0 Å². The molecule has 0 unspecified atom stereocenters. The van der Waals surface area contributed by atoms with E-state index in [0.29, 0.717) is 6.61 Å². The molecule has 2 N–H and O–H groups in total. The molecule has 208 valence electrons. The summed E-state index contributed by atoms with van der Waals surface area (Å²) < 4.78 is 13.2. The summed E-state index contributed by atoms with van der Waals surface area (Å²) in [7, 11) is 4.06. The van der Waals surface area contributed by atoms with Crippen LogP contribution < -0.4 is 15.0 Å². The van der Waals surface area contributed by atoms with Crippen LogP contribution in [-0.2, 0) is 4.74 Å². The second-order valence-electron chi connectivity index (χ2n) is 11.5. The maximum absolute atomic E-state index is 12.6. The Labute approximate surface area is 228 Å². The smallest absolute Gasteiger partial charge is 0.408 e. The van der Waals surface area contributed by atoms with Crippen molar-refractivity contribution in [3.8, 4) is 16.9 Å². The van der Waals surface area contributed by atoms with Gasteiger partial charge in [0.15, 0.2) is 5.65 Å². The van der Waals surface area contributed by atoms with E-state index < -0.39 is 5.60 Å². The van der Waals surface area contributed by atoms with Gasteiger partial charge in [-0.05, 0) is 72.8 Å². The monoisotopic (exact) mass is 534 g/mol. The number of carbonyl (C=O) groups is 1. The van der Waals surface area contributed by atoms with E-state index in [2.05, 4.69) is 42.5 Å². The summed E-state index contributed by atoms with van der Waals surface area (Å²) in [4.78, 5) is 21.9. The topological polar surface area (TPSA) is 113 Å². The number of fused-ring (bicyclic) bond motifs is 3. The molecule has 1 saturated heterocycles. The number of carbonyl (C=O) groups excluding carboxylic acids is 1. The van der Waals surface area contributed by atoms with Gasteiger partial charge in [-0.3, -0.25) is 5.10 Å². The van der Waals surface area contributed by atoms with Gasteiger partial charge >= 0.3 is 6.09 Å². The Morgan fingerprint density at radius 2 is 1.97 bits per heavy atom. The molecule has 0 radical (unpaired) electrons. The molecule has 4 aromatic heterocycles. The molecular formula is C28H38N8O3. The summed E-state index contributed by atoms with van der Waals surface area (Å²) in [5.41, 5.74) is 2.74. The summed E-state index contributed by atoms with van der Waals surface area (Å²) >= 11 is 0. The minimum absolute atomic E-state index is 0.356. The van der Waals surface area contributed by atoms with Gasteiger partial charge in [0, 0.05) is 37.0 Å². The number of alkyl carbamates (subject to hydrolysis) is 1. The molecule has 0 aliphatic carbocycles. The van der Waals surface area contributed by atoms with E-state index in [1.54, 1.807) is 6.20 Å². The fraction of sp³-hybridized carbons (Fsp3) is 0.500. The number of aromatic nitrogens is 5. The first kappa shape index (κ1) is 26.7. The minimum Gasteiger partial charge on any atom is -0.492 e. The molecule has 5 rings (SSSR count). The van der Waals surface area contributed by atoms with Crippen LogP contribution in [0.15, 0.2) is 36.8 Å². The second kappa shape index (κ2) is 10.4. The van der Waals surface area contributed by atoms with Gasteiger partial charge in [0.1, 0.15) is 17.2 Å². The predicted octanol–water partition coefficient (Wildman–Crippen LogP) is 4.10. The Morgan fingerprint density at radius 1 is 1.21 bits per heavy atom. The summed E-state index contributed by atoms with van der Waals surface area (Å²) in [6.07, 6.45) is 6.80. The van der Waals surface area contributed by atoms with Crippen LogP contribution in [0.25, 0.3) is 27.7 Å². The third-order valence-corrected chi connectivity index (χ3v) is 6.90. The number of hydrogen-bond acceptors (Lipinski definition) is 8. The Bertz CT molecular complexity index is 1440. The number of aromatic amines is 1. The lowest BCUT2D eigenvalue weighted by Crippen LogP contribution is -2.60. The van der Waals surface area contributed by atoms with E-state index in [9.17, 15) is 4.79 Å². The molecule has 0 atom stereocenters. The zero-order chi connectivity index (χ0) is 27.8. The molecule has 1 fully saturated rings. The highest BCUT2D eigenvalue weighted by atomic mass is 16.6. The molecule has 11 nitrogen and oxygen atoms in total. The van der Waals surface area contributed by atoms with Gasteiger partial charge in [-0.1, -0.05) is 0 Å². The molecule has 1 aliphatic rings. The first-order valence-corrected chi connectivity index (χ1v) is 13.4. The Kier molecular flexibility index (Phi) is 7.11. The summed E-state index contributed by atoms with van der Waals surface area (Å²) in [5, 5.41) is 15.9. The minimum atomic E-state index is -0.538. The lowest BCUT2D eigenvalue weighted by molar-refractivity contribution is 0.0411. The first-order chi connectivity index (χ1) is 18.6. The standard InChI is InChI=1S/C28H38N8O3/c1-7-38-20-14-21(24-22-16-30-32-25(22)33-36(24)17-20)19-8-9-23(29-15-19)35-12-10-28(11-13-35,18-34(5)6)31-26(37)39-27(2,3)4/h8-9,14-17H,7,10-13,18H2,1-6H3,(H,31,37)(H,32,33). The van der Waals surface area contributed by atoms with Crippen LogP contribution in [0.4, 0.5) is 10.6 Å². The molecule has 0 saturated carbocycles. The lowest BCUT2D eigenvalue weighted by Gasteiger charge is -2.44. The van der Waals surface area contributed by atoms with Gasteiger partial charge < -0.3 is 24.6 Å². The van der Waals surface area contributed by atoms with Crippen molar-refractivity contribution in [3.63, 3.8) is 0 Å². The number of likely N-dealkylation sites (N-methyl/N-ethyl adjacent to an activating group) is 1. The number of nitrogens with zero attached hydrogens (tertiary/aromatic N) is 6. The molecule has 39 heavy (non-hydrogen) atoms. The van der Waals surface area contributed by atoms with E-state index in [4.69, 9.17) is 14.5 Å². The van der Waals surface area contributed by atoms with Crippen LogP contribution in [0, 0.1) is 0 Å². The van der Waals surface area contributed by atoms with Gasteiger partial charge in [-0.25, -0.2) is 14.3 Å². The van der Waals surface area contributed by atoms with E-state index in [1.165, 1.54) is 0 Å². The lowest BCUT2D eigenvalue weighted by atomic mass is 9.87. The number of anilines is 1. The van der Waals surface area contributed by atoms with Crippen molar-refractivity contribution >= 4 is 28.5 Å². The SMILES string of the molecule is CCOc1cc(-c2ccc(N3CCC(CN(C)C)(NC(=O)OC(C)(C)C)CC3)nc2)c2c3cn[nH]c3nn2c1. The normalized spacial score (nSPS) is 15.7. The highest BCUT2D eigenvalue weighted by Crippen LogP contribution is 2.34. The number of amides is 1. The van der Waals surface area contributed by atoms with Gasteiger partial charge in [0.05, 0.1) is 35.4 Å². The first-order valence-electron chi connectivity index (χ1n) is 13.4. The summed E-state index contributed by atoms with van der Waals surface area (Å²) in [6, 6.07) is 6.18. The number of H-pyrrole nitrogens is 1. The average Bonchev–Trinajstić information content (AvgIpc) is 3.44. The maximum atomic E-state index is 12.6. The van der Waals surface area contributed by atoms with Crippen molar-refractivity contribution in [3.05, 3.63) is 36.8 Å². The third-order valence-electron chi connectivity index (χ3n) is 6.90. The molecule has 1 amide bonds. The van der Waals surface area contributed by atoms with Crippen molar-refractivity contribution in [2.45, 2.75) is 51.7 Å². The van der Waals surface area contributed by atoms with Crippen LogP contribution in [0.3, 0.4) is 0 Å². The molecule has 1 aliphatic heterocycles. The zero-order valence-electron chi connectivity index (χ0n) is 23.6. The molecular weight excluding hydrogens is 496 g/mol. The Hall–Kier alpha value is -3.86. The molecule has 0 spiro atoms. The zero-order valence-corrected chi connectivity index (χ0v) is 23.6. The number of piperidine rings is 1. The number of hydrogen-bond donors (Lipinski definition) is 2. The van der Waals surface area contributed by atoms with Crippen molar-refractivity contribution < 1.29 is 14.3 Å². The van der Waals surface area contributed by atoms with E-state index >= 15 is 0 Å². The highest BCUT2D eigenvalue weighted by molar-refractivity contribution is 6.00. The fourth-order valence-electron chi connectivity index (χ4n) is 5.35. The Balaban J connectivity index is 1.36. The van der Waals surface area contributed by atoms with Crippen LogP contribution in [0.5, 0.6) is 5.75 Å². The molecule has 0 bridgehead atoms. The molecule has 4 aromatic rings. The number of rotatable bonds is 7. The quantitative estimate of drug-likeness (QED) is 0.365. The van der Waals surface area contributed by atoms with E-state index in [1.807, 2.05) is 64.8 Å². The van der Waals surface area contributed by atoms with E-state index in [0.717, 1.165) is 71.7 Å². The number of nitrogens with one attached hydrogen (secondary N) is 2. The van der Waals surface area contributed by atoms with E-state index in [-0.39, 0.29) is 11.6 Å². The largest absolute Gasteiger partial charge is 0.492 e. The van der Waals surface area contributed by atoms with Gasteiger partial charge in [0.25, 0.3) is 0 Å². The summed E-state index contributed by atoms with van der Waals surface area (Å²) in [5.74, 6) is 1.65. The second-order valence-corrected chi connectivity index (χ2v) is 11.5. The maximum Gasteiger partial charge on any atom is 0.408 e. The van der Waals surface area contributed by atoms with Gasteiger partial charge in [-0.2, -0.15) is 5.10 Å². The van der Waals surface area contributed by atoms with Gasteiger partial charge in [-0.15, -0.1) is 5.10 Å². The third kappa shape index (κ3) is 5.78. The predicted molar refractivity (Wildman–Crippen MR) is 151 cm³/mol. The van der Waals surface area contributed by atoms with Crippen molar-refractivity contribution in [2.75, 3.05) is 45.2 Å². The number of pyridine rings is 2. The number of ether oxygens (including phenoxy) is 2. The summed E-state index contributed by atoms with van der Waals surface area (Å²) in [6.45, 7) is 10.5. The molecule has 5 heterocycles. The van der Waals surface area contributed by atoms with Crippen LogP contribution in [0.2, 0.25) is 0 Å². The highest BCUT2D eigenvalue weighted by Gasteiger charge is 2.38. The molecule has 0 aromatic carbocycles. The average molecular weight is 535 g/mol. The van der Waals surface area contributed by atoms with Crippen LogP contribution in [0.1, 0.15) is 40.5 Å². The van der Waals surface area contributed by atoms with Crippen molar-refractivity contribution in [1.82, 2.24) is 35.0 Å². The van der Waals surface area contributed by atoms with Crippen molar-refractivity contribution in [1.29, 1.82) is 0 Å². The van der Waals surface area contributed by atoms with Crippen LogP contribution in [-0.4, -0.2) is 87.3 Å². The van der Waals surface area contributed by atoms with Crippen LogP contribution >= 0.6 is 0 Å². The molecule has 11 heteroatoms.